The molecule has 2 aromatic rings. The van der Waals surface area contributed by atoms with Crippen molar-refractivity contribution in [3.05, 3.63) is 46.5 Å². The van der Waals surface area contributed by atoms with E-state index in [0.717, 1.165) is 35.6 Å². The summed E-state index contributed by atoms with van der Waals surface area (Å²) in [5.74, 6) is 0.968. The van der Waals surface area contributed by atoms with Crippen LogP contribution in [0, 0.1) is 11.3 Å². The first-order valence-electron chi connectivity index (χ1n) is 6.84. The number of benzene rings is 1. The highest BCUT2D eigenvalue weighted by atomic mass is 79.9. The fourth-order valence-electron chi connectivity index (χ4n) is 2.73. The number of nitriles is 1. The van der Waals surface area contributed by atoms with E-state index in [1.807, 2.05) is 24.4 Å². The third-order valence-corrected chi connectivity index (χ3v) is 4.59. The molecular formula is C15H16BrN5. The van der Waals surface area contributed by atoms with E-state index in [-0.39, 0.29) is 6.04 Å². The predicted molar refractivity (Wildman–Crippen MR) is 85.0 cm³/mol. The highest BCUT2D eigenvalue weighted by Crippen LogP contribution is 2.31. The van der Waals surface area contributed by atoms with Crippen LogP contribution in [0.25, 0.3) is 0 Å². The van der Waals surface area contributed by atoms with Crippen molar-refractivity contribution in [1.29, 1.82) is 5.26 Å². The Kier molecular flexibility index (Phi) is 3.95. The van der Waals surface area contributed by atoms with E-state index in [4.69, 9.17) is 0 Å². The minimum atomic E-state index is 0.208. The molecule has 1 atom stereocenters. The Morgan fingerprint density at radius 1 is 1.43 bits per heavy atom. The van der Waals surface area contributed by atoms with Gasteiger partial charge in [0.2, 0.25) is 0 Å². The van der Waals surface area contributed by atoms with E-state index < -0.39 is 0 Å². The SMILES string of the molecule is CN1CCN(c2cccc(Br)c2C#N)CC1c1ncc[nH]1. The number of hydrogen-bond acceptors (Lipinski definition) is 4. The normalized spacial score (nSPS) is 19.5. The number of nitrogens with zero attached hydrogens (tertiary/aromatic N) is 4. The molecule has 1 aliphatic heterocycles. The minimum Gasteiger partial charge on any atom is -0.367 e. The number of hydrogen-bond donors (Lipinski definition) is 1. The Labute approximate surface area is 132 Å². The summed E-state index contributed by atoms with van der Waals surface area (Å²) >= 11 is 3.46. The molecule has 6 heteroatoms. The number of halogens is 1. The molecule has 1 aromatic carbocycles. The first kappa shape index (κ1) is 14.1. The number of imidazole rings is 1. The van der Waals surface area contributed by atoms with E-state index in [2.05, 4.69) is 48.8 Å². The van der Waals surface area contributed by atoms with Gasteiger partial charge in [-0.1, -0.05) is 6.07 Å². The van der Waals surface area contributed by atoms with Crippen molar-refractivity contribution < 1.29 is 0 Å². The average molecular weight is 346 g/mol. The van der Waals surface area contributed by atoms with Crippen LogP contribution in [0.1, 0.15) is 17.4 Å². The molecule has 1 N–H and O–H groups in total. The van der Waals surface area contributed by atoms with Gasteiger partial charge in [-0.3, -0.25) is 4.90 Å². The van der Waals surface area contributed by atoms with Crippen LogP contribution in [0.3, 0.4) is 0 Å². The van der Waals surface area contributed by atoms with Gasteiger partial charge < -0.3 is 9.88 Å². The fraction of sp³-hybridized carbons (Fsp3) is 0.333. The van der Waals surface area contributed by atoms with Gasteiger partial charge in [-0.05, 0) is 35.1 Å². The zero-order valence-corrected chi connectivity index (χ0v) is 13.3. The van der Waals surface area contributed by atoms with E-state index in [1.165, 1.54) is 0 Å². The summed E-state index contributed by atoms with van der Waals surface area (Å²) in [5, 5.41) is 9.40. The number of nitrogens with one attached hydrogen (secondary N) is 1. The second-order valence-corrected chi connectivity index (χ2v) is 6.02. The van der Waals surface area contributed by atoms with Crippen LogP contribution in [0.15, 0.2) is 35.1 Å². The first-order valence-corrected chi connectivity index (χ1v) is 7.63. The zero-order chi connectivity index (χ0) is 14.8. The van der Waals surface area contributed by atoms with Gasteiger partial charge in [-0.15, -0.1) is 0 Å². The molecule has 1 aliphatic rings. The topological polar surface area (TPSA) is 58.9 Å². The molecule has 1 aromatic heterocycles. The molecule has 0 amide bonds. The number of rotatable bonds is 2. The van der Waals surface area contributed by atoms with Crippen molar-refractivity contribution in [3.8, 4) is 6.07 Å². The van der Waals surface area contributed by atoms with E-state index in [9.17, 15) is 5.26 Å². The Hall–Kier alpha value is -1.84. The Morgan fingerprint density at radius 2 is 2.29 bits per heavy atom. The van der Waals surface area contributed by atoms with Crippen molar-refractivity contribution in [2.75, 3.05) is 31.6 Å². The molecule has 3 rings (SSSR count). The lowest BCUT2D eigenvalue weighted by Crippen LogP contribution is -2.47. The quantitative estimate of drug-likeness (QED) is 0.908. The summed E-state index contributed by atoms with van der Waals surface area (Å²) in [5.41, 5.74) is 1.68. The molecule has 0 aliphatic carbocycles. The lowest BCUT2D eigenvalue weighted by Gasteiger charge is -2.40. The molecule has 0 radical (unpaired) electrons. The molecule has 0 bridgehead atoms. The number of anilines is 1. The van der Waals surface area contributed by atoms with Gasteiger partial charge in [-0.2, -0.15) is 5.26 Å². The Bertz CT molecular complexity index is 661. The monoisotopic (exact) mass is 345 g/mol. The largest absolute Gasteiger partial charge is 0.367 e. The van der Waals surface area contributed by atoms with Crippen molar-refractivity contribution in [2.24, 2.45) is 0 Å². The maximum atomic E-state index is 9.40. The van der Waals surface area contributed by atoms with Gasteiger partial charge in [0, 0.05) is 36.5 Å². The summed E-state index contributed by atoms with van der Waals surface area (Å²) in [6, 6.07) is 8.39. The number of H-pyrrole nitrogens is 1. The van der Waals surface area contributed by atoms with Gasteiger partial charge in [0.1, 0.15) is 11.9 Å². The molecule has 0 spiro atoms. The van der Waals surface area contributed by atoms with E-state index in [1.54, 1.807) is 6.20 Å². The van der Waals surface area contributed by atoms with Crippen LogP contribution in [-0.2, 0) is 0 Å². The maximum Gasteiger partial charge on any atom is 0.125 e. The maximum absolute atomic E-state index is 9.40. The van der Waals surface area contributed by atoms with Crippen LogP contribution in [0.5, 0.6) is 0 Å². The van der Waals surface area contributed by atoms with Gasteiger partial charge in [0.25, 0.3) is 0 Å². The number of aromatic amines is 1. The van der Waals surface area contributed by atoms with Crippen LogP contribution in [0.4, 0.5) is 5.69 Å². The van der Waals surface area contributed by atoms with Crippen molar-refractivity contribution >= 4 is 21.6 Å². The van der Waals surface area contributed by atoms with Crippen LogP contribution < -0.4 is 4.90 Å². The molecule has 1 fully saturated rings. The second-order valence-electron chi connectivity index (χ2n) is 5.16. The zero-order valence-electron chi connectivity index (χ0n) is 11.8. The number of piperazine rings is 1. The molecule has 0 saturated carbocycles. The lowest BCUT2D eigenvalue weighted by atomic mass is 10.1. The number of likely N-dealkylation sites (N-methyl/N-ethyl adjacent to an activating group) is 1. The summed E-state index contributed by atoms with van der Waals surface area (Å²) in [7, 11) is 2.11. The fourth-order valence-corrected chi connectivity index (χ4v) is 3.18. The molecule has 5 nitrogen and oxygen atoms in total. The predicted octanol–water partition coefficient (Wildman–Crippen LogP) is 2.54. The third kappa shape index (κ3) is 2.67. The second kappa shape index (κ2) is 5.88. The van der Waals surface area contributed by atoms with Gasteiger partial charge >= 0.3 is 0 Å². The molecule has 1 unspecified atom stereocenters. The standard InChI is InChI=1S/C15H16BrN5/c1-20-7-8-21(10-14(20)15-18-5-6-19-15)13-4-2-3-12(16)11(13)9-17/h2-6,14H,7-8,10H2,1H3,(H,18,19). The lowest BCUT2D eigenvalue weighted by molar-refractivity contribution is 0.213. The van der Waals surface area contributed by atoms with E-state index in [0.29, 0.717) is 5.56 Å². The number of aromatic nitrogens is 2. The Balaban J connectivity index is 1.91. The van der Waals surface area contributed by atoms with Gasteiger partial charge in [0.15, 0.2) is 0 Å². The summed E-state index contributed by atoms with van der Waals surface area (Å²) < 4.78 is 0.843. The average Bonchev–Trinajstić information content (AvgIpc) is 3.01. The highest BCUT2D eigenvalue weighted by molar-refractivity contribution is 9.10. The van der Waals surface area contributed by atoms with Crippen molar-refractivity contribution in [1.82, 2.24) is 14.9 Å². The summed E-state index contributed by atoms with van der Waals surface area (Å²) in [6.07, 6.45) is 3.63. The molecule has 108 valence electrons. The molecule has 1 saturated heterocycles. The van der Waals surface area contributed by atoms with Gasteiger partial charge in [0.05, 0.1) is 17.3 Å². The molecule has 21 heavy (non-hydrogen) atoms. The van der Waals surface area contributed by atoms with Crippen LogP contribution in [-0.4, -0.2) is 41.5 Å². The smallest absolute Gasteiger partial charge is 0.125 e. The Morgan fingerprint density at radius 3 is 3.00 bits per heavy atom. The summed E-state index contributed by atoms with van der Waals surface area (Å²) in [4.78, 5) is 12.1. The third-order valence-electron chi connectivity index (χ3n) is 3.93. The summed E-state index contributed by atoms with van der Waals surface area (Å²) in [6.45, 7) is 2.65. The van der Waals surface area contributed by atoms with Crippen molar-refractivity contribution in [3.63, 3.8) is 0 Å². The highest BCUT2D eigenvalue weighted by Gasteiger charge is 2.28. The van der Waals surface area contributed by atoms with Gasteiger partial charge in [-0.25, -0.2) is 4.98 Å². The molecular weight excluding hydrogens is 330 g/mol. The minimum absolute atomic E-state index is 0.208. The molecule has 2 heterocycles. The van der Waals surface area contributed by atoms with Crippen LogP contribution >= 0.6 is 15.9 Å². The first-order chi connectivity index (χ1) is 10.2. The van der Waals surface area contributed by atoms with Crippen LogP contribution in [0.2, 0.25) is 0 Å². The van der Waals surface area contributed by atoms with Crippen molar-refractivity contribution in [2.45, 2.75) is 6.04 Å². The van der Waals surface area contributed by atoms with E-state index >= 15 is 0 Å².